The molecule has 0 radical (unpaired) electrons. The lowest BCUT2D eigenvalue weighted by molar-refractivity contribution is -0.146. The van der Waals surface area contributed by atoms with Crippen LogP contribution in [0.2, 0.25) is 0 Å². The van der Waals surface area contributed by atoms with Crippen molar-refractivity contribution >= 4 is 93.9 Å². The number of likely N-dealkylation sites (tertiary alicyclic amines) is 1. The van der Waals surface area contributed by atoms with Gasteiger partial charge in [0.1, 0.15) is 24.7 Å². The second-order valence-electron chi connectivity index (χ2n) is 26.9. The number of methoxy groups -OCH3 is 2. The average Bonchev–Trinajstić information content (AvgIpc) is 1.78. The van der Waals surface area contributed by atoms with E-state index in [0.717, 1.165) is 27.5 Å². The van der Waals surface area contributed by atoms with Crippen molar-refractivity contribution in [2.75, 3.05) is 58.6 Å². The van der Waals surface area contributed by atoms with Crippen LogP contribution in [0.3, 0.4) is 0 Å². The Morgan fingerprint density at radius 3 is 1.97 bits per heavy atom. The van der Waals surface area contributed by atoms with Crippen LogP contribution in [-0.4, -0.2) is 197 Å². The molecule has 6 N–H and O–H groups in total. The molecule has 1 aromatic heterocycles. The smallest absolute Gasteiger partial charge is 0.410 e. The van der Waals surface area contributed by atoms with Crippen LogP contribution in [0.5, 0.6) is 0 Å². The summed E-state index contributed by atoms with van der Waals surface area (Å²) in [6, 6.07) is 2.36. The zero-order valence-electron chi connectivity index (χ0n) is 58.1. The zero-order chi connectivity index (χ0) is 69.5. The van der Waals surface area contributed by atoms with Gasteiger partial charge in [-0.25, -0.2) is 13.3 Å². The first-order valence-corrected chi connectivity index (χ1v) is 37.2. The van der Waals surface area contributed by atoms with Crippen molar-refractivity contribution in [3.8, 4) is 0 Å². The predicted molar refractivity (Wildman–Crippen MR) is 368 cm³/mol. The van der Waals surface area contributed by atoms with Gasteiger partial charge >= 0.3 is 6.09 Å². The summed E-state index contributed by atoms with van der Waals surface area (Å²) in [4.78, 5) is 128. The molecule has 1 saturated heterocycles. The Morgan fingerprint density at radius 2 is 1.39 bits per heavy atom. The van der Waals surface area contributed by atoms with Gasteiger partial charge in [0.15, 0.2) is 10.3 Å². The molecule has 532 valence electrons. The summed E-state index contributed by atoms with van der Waals surface area (Å²) in [5, 5.41) is 17.2. The molecule has 8 amide bonds. The lowest BCUT2D eigenvalue weighted by Crippen LogP contribution is -2.56. The molecule has 2 saturated carbocycles. The van der Waals surface area contributed by atoms with E-state index < -0.39 is 108 Å². The van der Waals surface area contributed by atoms with E-state index in [1.54, 1.807) is 87.4 Å². The second kappa shape index (κ2) is 39.1. The first-order valence-electron chi connectivity index (χ1n) is 34.4. The monoisotopic (exact) mass is 1380 g/mol. The van der Waals surface area contributed by atoms with Gasteiger partial charge in [0.2, 0.25) is 41.4 Å². The summed E-state index contributed by atoms with van der Waals surface area (Å²) >= 11 is 1.05. The first-order chi connectivity index (χ1) is 45.3. The summed E-state index contributed by atoms with van der Waals surface area (Å²) in [7, 11) is 6.00. The lowest BCUT2D eigenvalue weighted by atomic mass is 9.90. The fourth-order valence-corrected chi connectivity index (χ4v) is 16.0. The molecule has 4 unspecified atom stereocenters. The van der Waals surface area contributed by atoms with Gasteiger partial charge in [0.05, 0.1) is 43.2 Å². The van der Waals surface area contributed by atoms with Gasteiger partial charge in [0, 0.05) is 70.1 Å². The molecule has 25 nitrogen and oxygen atoms in total. The summed E-state index contributed by atoms with van der Waals surface area (Å²) in [6.07, 6.45) is 14.6. The maximum absolute atomic E-state index is 14.4. The number of carbonyl (C=O) groups is 8. The van der Waals surface area contributed by atoms with Gasteiger partial charge in [-0.1, -0.05) is 129 Å². The molecule has 2 aliphatic carbocycles. The minimum Gasteiger partial charge on any atom is -0.445 e. The number of likely N-dealkylation sites (N-methyl/N-ethyl adjacent to an activating group) is 2. The fourth-order valence-electron chi connectivity index (χ4n) is 12.9. The fraction of sp³-hybridized carbons (Fsp3) is 0.746. The van der Waals surface area contributed by atoms with E-state index in [1.165, 1.54) is 88.9 Å². The van der Waals surface area contributed by atoms with Crippen molar-refractivity contribution in [2.24, 2.45) is 23.7 Å². The Morgan fingerprint density at radius 1 is 0.747 bits per heavy atom. The number of unbranched alkanes of at least 4 members (excludes halogenated alkanes) is 2. The van der Waals surface area contributed by atoms with Gasteiger partial charge in [-0.3, -0.25) is 43.0 Å². The highest BCUT2D eigenvalue weighted by Crippen LogP contribution is 2.38. The van der Waals surface area contributed by atoms with Crippen LogP contribution in [0.15, 0.2) is 34.6 Å². The molecule has 12 atom stereocenters. The number of benzene rings is 1. The Kier molecular flexibility index (Phi) is 32.2. The number of rotatable bonds is 34. The Hall–Kier alpha value is -5.68. The lowest BCUT2D eigenvalue weighted by Gasteiger charge is -2.39. The van der Waals surface area contributed by atoms with E-state index in [9.17, 15) is 47.1 Å². The van der Waals surface area contributed by atoms with E-state index in [0.29, 0.717) is 79.3 Å². The topological polar surface area (TPSA) is 313 Å². The largest absolute Gasteiger partial charge is 0.445 e. The van der Waals surface area contributed by atoms with E-state index in [1.807, 2.05) is 27.7 Å². The number of thioether (sulfide) groups is 2. The summed E-state index contributed by atoms with van der Waals surface area (Å²) in [5.41, 5.74) is 1.09. The third kappa shape index (κ3) is 24.1. The summed E-state index contributed by atoms with van der Waals surface area (Å²) in [6.45, 7) is 15.0. The number of nitrogens with one attached hydrogen (secondary N) is 5. The third-order valence-corrected chi connectivity index (χ3v) is 21.8. The highest BCUT2D eigenvalue weighted by atomic mass is 32.2. The molecule has 28 heteroatoms. The van der Waals surface area contributed by atoms with E-state index in [4.69, 9.17) is 29.2 Å². The highest BCUT2D eigenvalue weighted by molar-refractivity contribution is 8.00. The number of nitrogens with zero attached hydrogens (tertiary/aromatic N) is 7. The molecule has 1 aromatic carbocycles. The highest BCUT2D eigenvalue weighted by Gasteiger charge is 2.45. The van der Waals surface area contributed by atoms with Crippen molar-refractivity contribution < 1.29 is 61.3 Å². The number of fused-ring (bicyclic) bond motifs is 5. The second-order valence-corrected chi connectivity index (χ2v) is 30.3. The SMILES string of the molecule is CC[C@H](C)[C@@H]([C@@H](CC(=O)N1CCC[C@H]1[C@H](OC)[C@@H](C)C(=O)N[C@@H](CC(C)C)C(=O)N(C1CC1)S(=O)O)OC)N(C)C(=O)CNC(=O)C(C(C)C)N(C)C(=O)OCc1ccc(NC(=O)[C@H](C)NC(=O)CCCCCNc2nc3nc(n2)SC2CCCCCCCC(CC2)S3)cc1. The van der Waals surface area contributed by atoms with Crippen LogP contribution < -0.4 is 26.6 Å². The zero-order valence-corrected chi connectivity index (χ0v) is 60.5. The number of hydrogen-bond acceptors (Lipinski definition) is 18. The minimum atomic E-state index is -2.54. The first kappa shape index (κ1) is 78.3. The molecule has 3 fully saturated rings. The minimum absolute atomic E-state index is 0.0195. The summed E-state index contributed by atoms with van der Waals surface area (Å²) in [5.74, 6) is -3.82. The van der Waals surface area contributed by atoms with Crippen molar-refractivity contribution in [2.45, 2.75) is 260 Å². The van der Waals surface area contributed by atoms with Gasteiger partial charge in [0.25, 0.3) is 17.2 Å². The van der Waals surface area contributed by atoms with Crippen molar-refractivity contribution in [1.29, 1.82) is 0 Å². The third-order valence-electron chi connectivity index (χ3n) is 18.6. The van der Waals surface area contributed by atoms with Crippen molar-refractivity contribution in [3.05, 3.63) is 29.8 Å². The van der Waals surface area contributed by atoms with Gasteiger partial charge < -0.3 is 50.6 Å². The number of amides is 8. The molecular formula is C67H108N12O13S3. The molecule has 95 heavy (non-hydrogen) atoms. The Bertz CT molecular complexity index is 2840. The van der Waals surface area contributed by atoms with Crippen LogP contribution in [0.4, 0.5) is 16.4 Å². The predicted octanol–water partition coefficient (Wildman–Crippen LogP) is 8.73. The van der Waals surface area contributed by atoms with E-state index >= 15 is 0 Å². The Labute approximate surface area is 573 Å². The number of anilines is 2. The summed E-state index contributed by atoms with van der Waals surface area (Å²) < 4.78 is 40.7. The normalized spacial score (nSPS) is 20.3. The number of hydrogen-bond donors (Lipinski definition) is 6. The molecule has 6 rings (SSSR count). The molecule has 4 aliphatic rings. The van der Waals surface area contributed by atoms with Crippen LogP contribution in [0, 0.1) is 23.7 Å². The quantitative estimate of drug-likeness (QED) is 0.0282. The Balaban J connectivity index is 0.919. The standard InChI is InChI=1S/C67H108N12O13S3/c1-13-43(6)58(53(90-11)38-55(81)78-36-22-25-52(78)59(91-12)44(7)60(83)72-51(37-41(2)3)63(86)79(95(88)89)48-31-32-48)76(9)56(82)39-69-62(85)57(42(4)5)77(10)67(87)92-40-46-27-29-47(30-28-46)71-61(84)45(8)70-54(80)26-20-17-21-35-68-64-73-65-75-66(74-64)94-50-24-19-16-14-15-18-23-49(93-65)33-34-50/h27-30,41-45,48-53,57-59H,13-26,31-40H2,1-12H3,(H,69,85)(H,70,80)(H,71,84)(H,72,83)(H,88,89)(H,68,73,74,75)/t43-,44+,45-,49?,50?,51-,52-,53+,57?,58-,59+/m0/s1. The number of carbonyl (C=O) groups excluding carboxylic acids is 8. The number of aromatic nitrogens is 3. The molecular weight excluding hydrogens is 1280 g/mol. The van der Waals surface area contributed by atoms with Crippen LogP contribution in [0.1, 0.15) is 189 Å². The van der Waals surface area contributed by atoms with Crippen molar-refractivity contribution in [1.82, 2.24) is 49.9 Å². The average molecular weight is 1390 g/mol. The van der Waals surface area contributed by atoms with Crippen LogP contribution in [-0.2, 0) is 65.6 Å². The number of ether oxygens (including phenoxy) is 3. The molecule has 2 aromatic rings. The molecule has 3 heterocycles. The van der Waals surface area contributed by atoms with Gasteiger partial charge in [-0.15, -0.1) is 0 Å². The molecule has 4 bridgehead atoms. The van der Waals surface area contributed by atoms with Gasteiger partial charge in [-0.2, -0.15) is 15.0 Å². The van der Waals surface area contributed by atoms with Crippen molar-refractivity contribution in [3.63, 3.8) is 0 Å². The maximum Gasteiger partial charge on any atom is 0.410 e. The van der Waals surface area contributed by atoms with E-state index in [2.05, 4.69) is 26.6 Å². The van der Waals surface area contributed by atoms with Gasteiger partial charge in [-0.05, 0) is 113 Å². The van der Waals surface area contributed by atoms with E-state index in [-0.39, 0.29) is 55.6 Å². The molecule has 0 spiro atoms. The molecule has 2 aliphatic heterocycles. The van der Waals surface area contributed by atoms with Crippen LogP contribution >= 0.6 is 23.5 Å². The maximum atomic E-state index is 14.4. The van der Waals surface area contributed by atoms with Crippen LogP contribution in [0.25, 0.3) is 0 Å².